The first kappa shape index (κ1) is 18.9. The Morgan fingerprint density at radius 2 is 1.93 bits per heavy atom. The van der Waals surface area contributed by atoms with Crippen LogP contribution in [0.4, 0.5) is 5.82 Å². The van der Waals surface area contributed by atoms with Crippen LogP contribution in [0.1, 0.15) is 31.4 Å². The third-order valence-corrected chi connectivity index (χ3v) is 5.61. The Hall–Kier alpha value is -3.06. The summed E-state index contributed by atoms with van der Waals surface area (Å²) in [5.74, 6) is 0.912. The van der Waals surface area contributed by atoms with E-state index in [0.717, 1.165) is 46.4 Å². The van der Waals surface area contributed by atoms with Gasteiger partial charge in [-0.3, -0.25) is 9.78 Å². The number of nitrogens with zero attached hydrogens (tertiary/aromatic N) is 4. The lowest BCUT2D eigenvalue weighted by Gasteiger charge is -2.22. The highest BCUT2D eigenvalue weighted by Gasteiger charge is 2.32. The second kappa shape index (κ2) is 7.99. The smallest absolute Gasteiger partial charge is 0.249 e. The molecule has 5 rings (SSSR count). The molecule has 0 bridgehead atoms. The topological polar surface area (TPSA) is 80.2 Å². The van der Waals surface area contributed by atoms with E-state index in [1.807, 2.05) is 23.2 Å². The number of fused-ring (bicyclic) bond motifs is 1. The largest absolute Gasteiger partial charge is 0.375 e. The second-order valence-corrected chi connectivity index (χ2v) is 8.09. The quantitative estimate of drug-likeness (QED) is 0.621. The van der Waals surface area contributed by atoms with Crippen molar-refractivity contribution in [1.29, 1.82) is 0 Å². The average Bonchev–Trinajstić information content (AvgIpc) is 3.67. The number of nitrogens with one attached hydrogen (secondary N) is 1. The lowest BCUT2D eigenvalue weighted by molar-refractivity contribution is -0.136. The minimum atomic E-state index is 0.0193. The molecule has 7 heteroatoms. The van der Waals surface area contributed by atoms with Crippen LogP contribution >= 0.6 is 0 Å². The van der Waals surface area contributed by atoms with E-state index in [-0.39, 0.29) is 12.5 Å². The van der Waals surface area contributed by atoms with Gasteiger partial charge in [0.2, 0.25) is 5.91 Å². The number of hydrogen-bond donors (Lipinski definition) is 1. The van der Waals surface area contributed by atoms with Gasteiger partial charge in [0, 0.05) is 30.8 Å². The van der Waals surface area contributed by atoms with E-state index in [2.05, 4.69) is 38.5 Å². The molecule has 2 heterocycles. The fourth-order valence-corrected chi connectivity index (χ4v) is 3.70. The van der Waals surface area contributed by atoms with Crippen LogP contribution in [-0.4, -0.2) is 51.6 Å². The molecule has 0 atom stereocenters. The molecule has 2 aliphatic carbocycles. The number of carbonyl (C=O) groups is 1. The van der Waals surface area contributed by atoms with Crippen LogP contribution in [0.3, 0.4) is 0 Å². The predicted octanol–water partition coefficient (Wildman–Crippen LogP) is 3.40. The van der Waals surface area contributed by atoms with Gasteiger partial charge in [-0.25, -0.2) is 9.97 Å². The molecule has 2 aliphatic rings. The zero-order valence-electron chi connectivity index (χ0n) is 17.0. The first-order valence-corrected chi connectivity index (χ1v) is 10.5. The SMILES string of the molecule is COCC(=O)N(Cc1cc(-c2ccc3ncnc(NC4CC4)c3c2)ccn1)C1CC1. The molecule has 0 saturated heterocycles. The number of hydrogen-bond acceptors (Lipinski definition) is 6. The highest BCUT2D eigenvalue weighted by Crippen LogP contribution is 2.31. The van der Waals surface area contributed by atoms with E-state index in [0.29, 0.717) is 18.6 Å². The summed E-state index contributed by atoms with van der Waals surface area (Å²) in [6.07, 6.45) is 7.91. The Labute approximate surface area is 175 Å². The molecule has 1 N–H and O–H groups in total. The van der Waals surface area contributed by atoms with Gasteiger partial charge >= 0.3 is 0 Å². The van der Waals surface area contributed by atoms with Crippen molar-refractivity contribution in [2.24, 2.45) is 0 Å². The number of rotatable bonds is 8. The molecule has 0 spiro atoms. The maximum Gasteiger partial charge on any atom is 0.249 e. The van der Waals surface area contributed by atoms with Crippen LogP contribution in [0.15, 0.2) is 42.9 Å². The summed E-state index contributed by atoms with van der Waals surface area (Å²) in [7, 11) is 1.55. The lowest BCUT2D eigenvalue weighted by atomic mass is 10.0. The molecule has 30 heavy (non-hydrogen) atoms. The molecule has 0 unspecified atom stereocenters. The van der Waals surface area contributed by atoms with Crippen LogP contribution in [0.2, 0.25) is 0 Å². The zero-order valence-corrected chi connectivity index (χ0v) is 17.0. The minimum absolute atomic E-state index is 0.0193. The summed E-state index contributed by atoms with van der Waals surface area (Å²) in [6.45, 7) is 0.615. The Morgan fingerprint density at radius 1 is 1.10 bits per heavy atom. The van der Waals surface area contributed by atoms with Crippen LogP contribution < -0.4 is 5.32 Å². The summed E-state index contributed by atoms with van der Waals surface area (Å²) in [4.78, 5) is 27.7. The van der Waals surface area contributed by atoms with Gasteiger partial charge in [-0.05, 0) is 61.1 Å². The van der Waals surface area contributed by atoms with E-state index < -0.39 is 0 Å². The van der Waals surface area contributed by atoms with Crippen LogP contribution in [0.5, 0.6) is 0 Å². The number of pyridine rings is 1. The molecular formula is C23H25N5O2. The molecule has 2 fully saturated rings. The van der Waals surface area contributed by atoms with E-state index in [4.69, 9.17) is 4.74 Å². The molecule has 1 aromatic carbocycles. The van der Waals surface area contributed by atoms with Gasteiger partial charge in [-0.2, -0.15) is 0 Å². The summed E-state index contributed by atoms with van der Waals surface area (Å²) >= 11 is 0. The van der Waals surface area contributed by atoms with Crippen molar-refractivity contribution in [1.82, 2.24) is 19.9 Å². The van der Waals surface area contributed by atoms with E-state index in [9.17, 15) is 4.79 Å². The normalized spacial score (nSPS) is 15.9. The Morgan fingerprint density at radius 3 is 2.70 bits per heavy atom. The maximum atomic E-state index is 12.4. The number of methoxy groups -OCH3 is 1. The third kappa shape index (κ3) is 4.11. The van der Waals surface area contributed by atoms with Crippen molar-refractivity contribution in [3.63, 3.8) is 0 Å². The van der Waals surface area contributed by atoms with Gasteiger partial charge < -0.3 is 15.0 Å². The summed E-state index contributed by atoms with van der Waals surface area (Å²) in [6, 6.07) is 11.1. The van der Waals surface area contributed by atoms with Crippen LogP contribution in [-0.2, 0) is 16.1 Å². The van der Waals surface area contributed by atoms with Crippen LogP contribution in [0.25, 0.3) is 22.0 Å². The first-order chi connectivity index (χ1) is 14.7. The number of ether oxygens (including phenoxy) is 1. The van der Waals surface area contributed by atoms with Crippen molar-refractivity contribution < 1.29 is 9.53 Å². The molecule has 2 saturated carbocycles. The monoisotopic (exact) mass is 403 g/mol. The molecule has 0 radical (unpaired) electrons. The zero-order chi connectivity index (χ0) is 20.5. The van der Waals surface area contributed by atoms with Gasteiger partial charge in [0.25, 0.3) is 0 Å². The van der Waals surface area contributed by atoms with Gasteiger partial charge in [-0.15, -0.1) is 0 Å². The molecular weight excluding hydrogens is 378 g/mol. The molecule has 1 amide bonds. The van der Waals surface area contributed by atoms with E-state index >= 15 is 0 Å². The number of aromatic nitrogens is 3. The highest BCUT2D eigenvalue weighted by atomic mass is 16.5. The van der Waals surface area contributed by atoms with Gasteiger partial charge in [-0.1, -0.05) is 6.07 Å². The fraction of sp³-hybridized carbons (Fsp3) is 0.391. The second-order valence-electron chi connectivity index (χ2n) is 8.09. The van der Waals surface area contributed by atoms with Crippen molar-refractivity contribution in [2.45, 2.75) is 44.3 Å². The molecule has 2 aromatic heterocycles. The van der Waals surface area contributed by atoms with Gasteiger partial charge in [0.15, 0.2) is 0 Å². The number of benzene rings is 1. The van der Waals surface area contributed by atoms with Crippen molar-refractivity contribution in [3.8, 4) is 11.1 Å². The maximum absolute atomic E-state index is 12.4. The Kier molecular flexibility index (Phi) is 5.04. The van der Waals surface area contributed by atoms with Gasteiger partial charge in [0.05, 0.1) is 17.8 Å². The Bertz CT molecular complexity index is 1080. The minimum Gasteiger partial charge on any atom is -0.375 e. The standard InChI is InChI=1S/C23H25N5O2/c1-30-13-22(29)28(19-5-6-19)12-18-10-16(8-9-24-18)15-2-7-21-20(11-15)23(26-14-25-21)27-17-3-4-17/h2,7-11,14,17,19H,3-6,12-13H2,1H3,(H,25,26,27). The molecule has 0 aliphatic heterocycles. The average molecular weight is 403 g/mol. The molecule has 7 nitrogen and oxygen atoms in total. The summed E-state index contributed by atoms with van der Waals surface area (Å²) < 4.78 is 5.05. The van der Waals surface area contributed by atoms with Crippen molar-refractivity contribution in [3.05, 3.63) is 48.5 Å². The van der Waals surface area contributed by atoms with E-state index in [1.165, 1.54) is 12.8 Å². The first-order valence-electron chi connectivity index (χ1n) is 10.5. The number of anilines is 1. The Balaban J connectivity index is 1.43. The third-order valence-electron chi connectivity index (χ3n) is 5.61. The molecule has 3 aromatic rings. The predicted molar refractivity (Wildman–Crippen MR) is 115 cm³/mol. The summed E-state index contributed by atoms with van der Waals surface area (Å²) in [5.41, 5.74) is 3.96. The van der Waals surface area contributed by atoms with Crippen LogP contribution in [0, 0.1) is 0 Å². The highest BCUT2D eigenvalue weighted by molar-refractivity contribution is 5.92. The van der Waals surface area contributed by atoms with Crippen molar-refractivity contribution >= 4 is 22.6 Å². The fourth-order valence-electron chi connectivity index (χ4n) is 3.70. The number of amides is 1. The molecule has 154 valence electrons. The van der Waals surface area contributed by atoms with E-state index in [1.54, 1.807) is 13.4 Å². The summed E-state index contributed by atoms with van der Waals surface area (Å²) in [5, 5.41) is 4.52. The van der Waals surface area contributed by atoms with Crippen molar-refractivity contribution in [2.75, 3.05) is 19.0 Å². The number of carbonyl (C=O) groups excluding carboxylic acids is 1. The lowest BCUT2D eigenvalue weighted by Crippen LogP contribution is -2.35. The van der Waals surface area contributed by atoms with Gasteiger partial charge in [0.1, 0.15) is 18.8 Å².